The lowest BCUT2D eigenvalue weighted by Gasteiger charge is -2.32. The summed E-state index contributed by atoms with van der Waals surface area (Å²) >= 11 is 0. The van der Waals surface area contributed by atoms with Crippen LogP contribution in [0.5, 0.6) is 0 Å². The van der Waals surface area contributed by atoms with Crippen molar-refractivity contribution >= 4 is 28.7 Å². The van der Waals surface area contributed by atoms with Crippen LogP contribution >= 0.6 is 0 Å². The average molecular weight is 348 g/mol. The number of amides is 1. The first-order valence-corrected chi connectivity index (χ1v) is 8.76. The minimum absolute atomic E-state index is 0.0112. The SMILES string of the molecule is Cc1cccnc1NC(=O)[C@@H]1CCCN(c2ccc3nccnc3n2)C1. The normalized spacial score (nSPS) is 17.3. The molecule has 1 saturated heterocycles. The lowest BCUT2D eigenvalue weighted by Crippen LogP contribution is -2.41. The van der Waals surface area contributed by atoms with Crippen molar-refractivity contribution in [1.82, 2.24) is 19.9 Å². The second-order valence-electron chi connectivity index (χ2n) is 6.51. The predicted molar refractivity (Wildman–Crippen MR) is 99.9 cm³/mol. The number of piperidine rings is 1. The van der Waals surface area contributed by atoms with E-state index in [4.69, 9.17) is 0 Å². The molecule has 7 nitrogen and oxygen atoms in total. The summed E-state index contributed by atoms with van der Waals surface area (Å²) in [5.41, 5.74) is 2.36. The fraction of sp³-hybridized carbons (Fsp3) is 0.316. The van der Waals surface area contributed by atoms with Crippen LogP contribution in [0.3, 0.4) is 0 Å². The highest BCUT2D eigenvalue weighted by atomic mass is 16.2. The molecule has 1 fully saturated rings. The van der Waals surface area contributed by atoms with E-state index in [1.807, 2.05) is 31.2 Å². The van der Waals surface area contributed by atoms with Crippen molar-refractivity contribution in [2.75, 3.05) is 23.3 Å². The highest BCUT2D eigenvalue weighted by molar-refractivity contribution is 5.92. The monoisotopic (exact) mass is 348 g/mol. The lowest BCUT2D eigenvalue weighted by molar-refractivity contribution is -0.120. The molecule has 4 rings (SSSR count). The van der Waals surface area contributed by atoms with Gasteiger partial charge in [0.15, 0.2) is 5.65 Å². The van der Waals surface area contributed by atoms with Gasteiger partial charge in [-0.1, -0.05) is 6.07 Å². The number of rotatable bonds is 3. The van der Waals surface area contributed by atoms with Gasteiger partial charge >= 0.3 is 0 Å². The Morgan fingerprint density at radius 3 is 2.92 bits per heavy atom. The zero-order valence-corrected chi connectivity index (χ0v) is 14.6. The molecule has 1 aliphatic heterocycles. The Morgan fingerprint density at radius 2 is 2.04 bits per heavy atom. The van der Waals surface area contributed by atoms with Crippen molar-refractivity contribution in [3.8, 4) is 0 Å². The average Bonchev–Trinajstić information content (AvgIpc) is 2.69. The standard InChI is InChI=1S/C19H20N6O/c1-13-4-2-8-21-17(13)24-19(26)14-5-3-11-25(12-14)16-7-6-15-18(23-16)22-10-9-20-15/h2,4,6-10,14H,3,5,11-12H2,1H3,(H,21,24,26)/t14-/m1/s1. The Kier molecular flexibility index (Phi) is 4.43. The maximum atomic E-state index is 12.7. The van der Waals surface area contributed by atoms with Crippen LogP contribution in [0.1, 0.15) is 18.4 Å². The van der Waals surface area contributed by atoms with Crippen LogP contribution in [0, 0.1) is 12.8 Å². The zero-order valence-electron chi connectivity index (χ0n) is 14.6. The number of anilines is 2. The number of carbonyl (C=O) groups is 1. The molecule has 26 heavy (non-hydrogen) atoms. The molecule has 1 aliphatic rings. The number of nitrogens with one attached hydrogen (secondary N) is 1. The number of hydrogen-bond acceptors (Lipinski definition) is 6. The van der Waals surface area contributed by atoms with Gasteiger partial charge in [0.2, 0.25) is 5.91 Å². The number of hydrogen-bond donors (Lipinski definition) is 1. The highest BCUT2D eigenvalue weighted by Crippen LogP contribution is 2.24. The van der Waals surface area contributed by atoms with Crippen LogP contribution < -0.4 is 10.2 Å². The first kappa shape index (κ1) is 16.4. The van der Waals surface area contributed by atoms with Crippen molar-refractivity contribution in [2.24, 2.45) is 5.92 Å². The van der Waals surface area contributed by atoms with Gasteiger partial charge < -0.3 is 10.2 Å². The summed E-state index contributed by atoms with van der Waals surface area (Å²) in [6.07, 6.45) is 6.79. The van der Waals surface area contributed by atoms with Crippen LogP contribution in [-0.4, -0.2) is 38.9 Å². The second kappa shape index (κ2) is 7.03. The maximum absolute atomic E-state index is 12.7. The molecule has 0 bridgehead atoms. The topological polar surface area (TPSA) is 83.9 Å². The molecular weight excluding hydrogens is 328 g/mol. The van der Waals surface area contributed by atoms with Gasteiger partial charge in [0.25, 0.3) is 0 Å². The molecule has 4 heterocycles. The number of aromatic nitrogens is 4. The number of pyridine rings is 2. The van der Waals surface area contributed by atoms with Crippen molar-refractivity contribution in [3.05, 3.63) is 48.4 Å². The molecule has 1 amide bonds. The van der Waals surface area contributed by atoms with Gasteiger partial charge in [0, 0.05) is 31.7 Å². The smallest absolute Gasteiger partial charge is 0.230 e. The molecule has 0 aromatic carbocycles. The summed E-state index contributed by atoms with van der Waals surface area (Å²) in [4.78, 5) is 32.2. The maximum Gasteiger partial charge on any atom is 0.230 e. The third-order valence-electron chi connectivity index (χ3n) is 4.68. The van der Waals surface area contributed by atoms with E-state index in [0.29, 0.717) is 18.0 Å². The van der Waals surface area contributed by atoms with E-state index in [1.165, 1.54) is 0 Å². The summed E-state index contributed by atoms with van der Waals surface area (Å²) in [5, 5.41) is 2.96. The third-order valence-corrected chi connectivity index (χ3v) is 4.68. The molecule has 0 aliphatic carbocycles. The molecule has 0 radical (unpaired) electrons. The van der Waals surface area contributed by atoms with Gasteiger partial charge in [-0.25, -0.2) is 15.0 Å². The first-order valence-electron chi connectivity index (χ1n) is 8.76. The zero-order chi connectivity index (χ0) is 17.9. The summed E-state index contributed by atoms with van der Waals surface area (Å²) in [6, 6.07) is 7.67. The van der Waals surface area contributed by atoms with E-state index in [2.05, 4.69) is 30.2 Å². The predicted octanol–water partition coefficient (Wildman–Crippen LogP) is 2.58. The Balaban J connectivity index is 1.49. The summed E-state index contributed by atoms with van der Waals surface area (Å²) in [5.74, 6) is 1.39. The lowest BCUT2D eigenvalue weighted by atomic mass is 9.97. The fourth-order valence-corrected chi connectivity index (χ4v) is 3.26. The van der Waals surface area contributed by atoms with Gasteiger partial charge in [0.1, 0.15) is 17.2 Å². The number of nitrogens with zero attached hydrogens (tertiary/aromatic N) is 5. The molecular formula is C19H20N6O. The Hall–Kier alpha value is -3.09. The molecule has 0 unspecified atom stereocenters. The Morgan fingerprint density at radius 1 is 1.15 bits per heavy atom. The number of aryl methyl sites for hydroxylation is 1. The van der Waals surface area contributed by atoms with Gasteiger partial charge in [-0.3, -0.25) is 9.78 Å². The largest absolute Gasteiger partial charge is 0.356 e. The Labute approximate surface area is 151 Å². The molecule has 3 aromatic rings. The number of fused-ring (bicyclic) bond motifs is 1. The van der Waals surface area contributed by atoms with E-state index in [-0.39, 0.29) is 11.8 Å². The van der Waals surface area contributed by atoms with Crippen molar-refractivity contribution in [3.63, 3.8) is 0 Å². The van der Waals surface area contributed by atoms with Crippen LogP contribution in [0.4, 0.5) is 11.6 Å². The van der Waals surface area contributed by atoms with Crippen LogP contribution in [0.25, 0.3) is 11.2 Å². The van der Waals surface area contributed by atoms with Crippen molar-refractivity contribution < 1.29 is 4.79 Å². The van der Waals surface area contributed by atoms with Gasteiger partial charge in [0.05, 0.1) is 5.92 Å². The van der Waals surface area contributed by atoms with Gasteiger partial charge in [-0.15, -0.1) is 0 Å². The van der Waals surface area contributed by atoms with E-state index in [9.17, 15) is 4.79 Å². The van der Waals surface area contributed by atoms with Crippen LogP contribution in [0.2, 0.25) is 0 Å². The molecule has 1 N–H and O–H groups in total. The van der Waals surface area contributed by atoms with Crippen molar-refractivity contribution in [2.45, 2.75) is 19.8 Å². The summed E-state index contributed by atoms with van der Waals surface area (Å²) in [7, 11) is 0. The van der Waals surface area contributed by atoms with E-state index in [1.54, 1.807) is 18.6 Å². The third kappa shape index (κ3) is 3.33. The fourth-order valence-electron chi connectivity index (χ4n) is 3.26. The molecule has 7 heteroatoms. The minimum atomic E-state index is -0.0930. The van der Waals surface area contributed by atoms with Crippen LogP contribution in [-0.2, 0) is 4.79 Å². The van der Waals surface area contributed by atoms with Crippen LogP contribution in [0.15, 0.2) is 42.9 Å². The Bertz CT molecular complexity index is 944. The highest BCUT2D eigenvalue weighted by Gasteiger charge is 2.27. The van der Waals surface area contributed by atoms with E-state index in [0.717, 1.165) is 36.3 Å². The van der Waals surface area contributed by atoms with Gasteiger partial charge in [-0.2, -0.15) is 0 Å². The molecule has 132 valence electrons. The summed E-state index contributed by atoms with van der Waals surface area (Å²) in [6.45, 7) is 3.46. The first-order chi connectivity index (χ1) is 12.7. The minimum Gasteiger partial charge on any atom is -0.356 e. The summed E-state index contributed by atoms with van der Waals surface area (Å²) < 4.78 is 0. The van der Waals surface area contributed by atoms with Crippen molar-refractivity contribution in [1.29, 1.82) is 0 Å². The molecule has 3 aromatic heterocycles. The van der Waals surface area contributed by atoms with E-state index < -0.39 is 0 Å². The molecule has 1 atom stereocenters. The second-order valence-corrected chi connectivity index (χ2v) is 6.51. The molecule has 0 spiro atoms. The number of carbonyl (C=O) groups excluding carboxylic acids is 1. The van der Waals surface area contributed by atoms with Gasteiger partial charge in [-0.05, 0) is 43.5 Å². The quantitative estimate of drug-likeness (QED) is 0.783. The molecule has 0 saturated carbocycles. The van der Waals surface area contributed by atoms with E-state index >= 15 is 0 Å².